The van der Waals surface area contributed by atoms with E-state index in [1.54, 1.807) is 36.0 Å². The standard InChI is InChI=1S/C14H9ClN2O4/c1-16-7-10(9-3-2-8(15)6-11(9)16)14(18)12-4-5-13(21-12)17(19)20/h2-7H,1H3. The fraction of sp³-hybridized carbons (Fsp3) is 0.0714. The van der Waals surface area contributed by atoms with Crippen LogP contribution >= 0.6 is 11.6 Å². The molecule has 2 heterocycles. The first kappa shape index (κ1) is 13.4. The van der Waals surface area contributed by atoms with E-state index in [-0.39, 0.29) is 5.76 Å². The van der Waals surface area contributed by atoms with E-state index in [1.165, 1.54) is 6.07 Å². The summed E-state index contributed by atoms with van der Waals surface area (Å²) in [6, 6.07) is 7.64. The Balaban J connectivity index is 2.11. The summed E-state index contributed by atoms with van der Waals surface area (Å²) in [4.78, 5) is 22.4. The predicted octanol–water partition coefficient (Wildman–Crippen LogP) is 3.56. The van der Waals surface area contributed by atoms with Crippen LogP contribution in [-0.2, 0) is 7.05 Å². The van der Waals surface area contributed by atoms with E-state index in [2.05, 4.69) is 0 Å². The Morgan fingerprint density at radius 2 is 2.10 bits per heavy atom. The number of aromatic nitrogens is 1. The third kappa shape index (κ3) is 2.19. The topological polar surface area (TPSA) is 78.3 Å². The Morgan fingerprint density at radius 3 is 2.76 bits per heavy atom. The molecule has 6 nitrogen and oxygen atoms in total. The van der Waals surface area contributed by atoms with Crippen molar-refractivity contribution in [3.63, 3.8) is 0 Å². The van der Waals surface area contributed by atoms with Gasteiger partial charge in [-0.1, -0.05) is 17.7 Å². The molecule has 1 aromatic carbocycles. The number of nitro groups is 1. The number of benzene rings is 1. The molecule has 0 N–H and O–H groups in total. The lowest BCUT2D eigenvalue weighted by molar-refractivity contribution is -0.402. The molecule has 0 saturated heterocycles. The lowest BCUT2D eigenvalue weighted by Crippen LogP contribution is -1.98. The molecule has 106 valence electrons. The molecule has 0 spiro atoms. The number of fused-ring (bicyclic) bond motifs is 1. The fourth-order valence-electron chi connectivity index (χ4n) is 2.22. The van der Waals surface area contributed by atoms with Gasteiger partial charge in [0.15, 0.2) is 5.76 Å². The number of aryl methyl sites for hydroxylation is 1. The number of hydrogen-bond donors (Lipinski definition) is 0. The van der Waals surface area contributed by atoms with Gasteiger partial charge >= 0.3 is 5.88 Å². The van der Waals surface area contributed by atoms with Crippen LogP contribution in [0.15, 0.2) is 40.9 Å². The minimum Gasteiger partial charge on any atom is -0.397 e. The third-order valence-corrected chi connectivity index (χ3v) is 3.43. The van der Waals surface area contributed by atoms with Crippen molar-refractivity contribution in [1.82, 2.24) is 4.57 Å². The number of rotatable bonds is 3. The molecule has 0 amide bonds. The van der Waals surface area contributed by atoms with Crippen LogP contribution in [0.25, 0.3) is 10.9 Å². The number of hydrogen-bond acceptors (Lipinski definition) is 4. The number of nitrogens with zero attached hydrogens (tertiary/aromatic N) is 2. The van der Waals surface area contributed by atoms with Crippen LogP contribution in [0, 0.1) is 10.1 Å². The first-order chi connectivity index (χ1) is 9.97. The van der Waals surface area contributed by atoms with Crippen molar-refractivity contribution in [2.75, 3.05) is 0 Å². The third-order valence-electron chi connectivity index (χ3n) is 3.19. The molecule has 0 bridgehead atoms. The van der Waals surface area contributed by atoms with Gasteiger partial charge in [-0.05, 0) is 18.2 Å². The summed E-state index contributed by atoms with van der Waals surface area (Å²) in [6.07, 6.45) is 1.65. The Hall–Kier alpha value is -2.60. The van der Waals surface area contributed by atoms with Gasteiger partial charge in [0.1, 0.15) is 4.92 Å². The molecule has 0 aliphatic carbocycles. The lowest BCUT2D eigenvalue weighted by Gasteiger charge is -1.97. The molecule has 2 aromatic heterocycles. The van der Waals surface area contributed by atoms with Crippen LogP contribution in [0.3, 0.4) is 0 Å². The van der Waals surface area contributed by atoms with Gasteiger partial charge in [0, 0.05) is 29.2 Å². The lowest BCUT2D eigenvalue weighted by atomic mass is 10.1. The summed E-state index contributed by atoms with van der Waals surface area (Å²) in [5.74, 6) is -0.929. The number of ketones is 1. The van der Waals surface area contributed by atoms with Crippen LogP contribution in [0.5, 0.6) is 0 Å². The highest BCUT2D eigenvalue weighted by Crippen LogP contribution is 2.27. The first-order valence-corrected chi connectivity index (χ1v) is 6.38. The van der Waals surface area contributed by atoms with Crippen LogP contribution in [0.2, 0.25) is 5.02 Å². The Morgan fingerprint density at radius 1 is 1.33 bits per heavy atom. The molecule has 3 rings (SSSR count). The highest BCUT2D eigenvalue weighted by Gasteiger charge is 2.21. The molecule has 0 fully saturated rings. The summed E-state index contributed by atoms with van der Waals surface area (Å²) >= 11 is 5.94. The van der Waals surface area contributed by atoms with E-state index in [0.717, 1.165) is 11.6 Å². The van der Waals surface area contributed by atoms with Gasteiger partial charge in [0.05, 0.1) is 11.6 Å². The van der Waals surface area contributed by atoms with E-state index in [0.29, 0.717) is 16.0 Å². The van der Waals surface area contributed by atoms with Crippen molar-refractivity contribution < 1.29 is 14.1 Å². The summed E-state index contributed by atoms with van der Waals surface area (Å²) < 4.78 is 6.73. The molecule has 3 aromatic rings. The summed E-state index contributed by atoms with van der Waals surface area (Å²) in [5, 5.41) is 11.9. The summed E-state index contributed by atoms with van der Waals surface area (Å²) in [6.45, 7) is 0. The second kappa shape index (κ2) is 4.75. The SMILES string of the molecule is Cn1cc(C(=O)c2ccc([N+](=O)[O-])o2)c2ccc(Cl)cc21. The molecule has 0 radical (unpaired) electrons. The second-order valence-corrected chi connectivity index (χ2v) is 4.98. The maximum Gasteiger partial charge on any atom is 0.433 e. The Bertz CT molecular complexity index is 878. The van der Waals surface area contributed by atoms with Crippen LogP contribution < -0.4 is 0 Å². The molecule has 0 aliphatic heterocycles. The quantitative estimate of drug-likeness (QED) is 0.421. The van der Waals surface area contributed by atoms with Gasteiger partial charge < -0.3 is 8.98 Å². The van der Waals surface area contributed by atoms with Gasteiger partial charge in [0.2, 0.25) is 5.78 Å². The molecule has 0 unspecified atom stereocenters. The van der Waals surface area contributed by atoms with Crippen molar-refractivity contribution >= 4 is 34.2 Å². The average molecular weight is 305 g/mol. The van der Waals surface area contributed by atoms with Gasteiger partial charge in [-0.15, -0.1) is 0 Å². The van der Waals surface area contributed by atoms with Gasteiger partial charge in [-0.25, -0.2) is 0 Å². The Kier molecular flexibility index (Phi) is 3.03. The van der Waals surface area contributed by atoms with Crippen molar-refractivity contribution in [2.24, 2.45) is 7.05 Å². The fourth-order valence-corrected chi connectivity index (χ4v) is 2.38. The normalized spacial score (nSPS) is 11.0. The number of halogens is 1. The second-order valence-electron chi connectivity index (χ2n) is 4.54. The zero-order valence-corrected chi connectivity index (χ0v) is 11.6. The van der Waals surface area contributed by atoms with Crippen LogP contribution in [-0.4, -0.2) is 15.3 Å². The summed E-state index contributed by atoms with van der Waals surface area (Å²) in [7, 11) is 1.79. The maximum absolute atomic E-state index is 12.4. The number of carbonyl (C=O) groups excluding carboxylic acids is 1. The van der Waals surface area contributed by atoms with Crippen LogP contribution in [0.1, 0.15) is 16.1 Å². The van der Waals surface area contributed by atoms with Gasteiger partial charge in [-0.3, -0.25) is 14.9 Å². The molecular weight excluding hydrogens is 296 g/mol. The molecule has 0 atom stereocenters. The van der Waals surface area contributed by atoms with Crippen molar-refractivity contribution in [1.29, 1.82) is 0 Å². The number of furan rings is 1. The maximum atomic E-state index is 12.4. The molecule has 7 heteroatoms. The highest BCUT2D eigenvalue weighted by atomic mass is 35.5. The number of carbonyl (C=O) groups is 1. The van der Waals surface area contributed by atoms with Gasteiger partial charge in [0.25, 0.3) is 0 Å². The van der Waals surface area contributed by atoms with Crippen molar-refractivity contribution in [3.8, 4) is 0 Å². The summed E-state index contributed by atoms with van der Waals surface area (Å²) in [5.41, 5.74) is 1.21. The predicted molar refractivity (Wildman–Crippen MR) is 76.7 cm³/mol. The molecular formula is C14H9ClN2O4. The van der Waals surface area contributed by atoms with Crippen molar-refractivity contribution in [2.45, 2.75) is 0 Å². The Labute approximate surface area is 123 Å². The zero-order chi connectivity index (χ0) is 15.1. The minimum absolute atomic E-state index is 0.0656. The first-order valence-electron chi connectivity index (χ1n) is 6.01. The minimum atomic E-state index is -0.681. The largest absolute Gasteiger partial charge is 0.433 e. The highest BCUT2D eigenvalue weighted by molar-refractivity contribution is 6.31. The molecule has 0 saturated carbocycles. The van der Waals surface area contributed by atoms with E-state index < -0.39 is 16.6 Å². The molecule has 21 heavy (non-hydrogen) atoms. The zero-order valence-electron chi connectivity index (χ0n) is 10.9. The van der Waals surface area contributed by atoms with E-state index in [1.807, 2.05) is 0 Å². The molecule has 0 aliphatic rings. The monoisotopic (exact) mass is 304 g/mol. The van der Waals surface area contributed by atoms with E-state index in [9.17, 15) is 14.9 Å². The average Bonchev–Trinajstić information content (AvgIpc) is 3.04. The van der Waals surface area contributed by atoms with E-state index in [4.69, 9.17) is 16.0 Å². The van der Waals surface area contributed by atoms with E-state index >= 15 is 0 Å². The van der Waals surface area contributed by atoms with Gasteiger partial charge in [-0.2, -0.15) is 0 Å². The smallest absolute Gasteiger partial charge is 0.397 e. The van der Waals surface area contributed by atoms with Crippen LogP contribution in [0.4, 0.5) is 5.88 Å². The van der Waals surface area contributed by atoms with Crippen molar-refractivity contribution in [3.05, 3.63) is 63.0 Å².